The van der Waals surface area contributed by atoms with Gasteiger partial charge in [0, 0.05) is 23.8 Å². The monoisotopic (exact) mass is 420 g/mol. The third-order valence-electron chi connectivity index (χ3n) is 4.72. The van der Waals surface area contributed by atoms with Crippen molar-refractivity contribution < 1.29 is 9.53 Å². The topological polar surface area (TPSA) is 68.2 Å². The number of hydrogen-bond donors (Lipinski definition) is 0. The van der Waals surface area contributed by atoms with Crippen LogP contribution in [-0.2, 0) is 4.79 Å². The maximum atomic E-state index is 12.8. The number of aryl methyl sites for hydroxylation is 1. The van der Waals surface area contributed by atoms with E-state index in [4.69, 9.17) is 4.74 Å². The van der Waals surface area contributed by atoms with Crippen molar-refractivity contribution in [2.24, 2.45) is 5.92 Å². The molecule has 154 valence electrons. The van der Waals surface area contributed by atoms with Crippen LogP contribution < -0.4 is 9.64 Å². The molecule has 6 nitrogen and oxygen atoms in total. The summed E-state index contributed by atoms with van der Waals surface area (Å²) < 4.78 is 6.38. The molecular formula is C23H24N4O2S. The quantitative estimate of drug-likeness (QED) is 0.551. The number of anilines is 1. The predicted molar refractivity (Wildman–Crippen MR) is 119 cm³/mol. The van der Waals surface area contributed by atoms with Gasteiger partial charge in [-0.05, 0) is 18.9 Å². The summed E-state index contributed by atoms with van der Waals surface area (Å²) in [5, 5.41) is 9.32. The predicted octanol–water partition coefficient (Wildman–Crippen LogP) is 5.04. The number of aromatic nitrogens is 3. The number of fused-ring (bicyclic) bond motifs is 3. The van der Waals surface area contributed by atoms with Crippen LogP contribution in [0.5, 0.6) is 5.88 Å². The second-order valence-electron chi connectivity index (χ2n) is 7.74. The van der Waals surface area contributed by atoms with Crippen LogP contribution >= 0.6 is 11.8 Å². The lowest BCUT2D eigenvalue weighted by molar-refractivity contribution is -0.118. The molecule has 0 aliphatic carbocycles. The summed E-state index contributed by atoms with van der Waals surface area (Å²) in [5.41, 5.74) is 4.02. The molecule has 4 rings (SSSR count). The molecule has 0 unspecified atom stereocenters. The molecule has 0 fully saturated rings. The first-order valence-corrected chi connectivity index (χ1v) is 10.9. The van der Waals surface area contributed by atoms with Crippen LogP contribution in [0.25, 0.3) is 11.3 Å². The summed E-state index contributed by atoms with van der Waals surface area (Å²) in [7, 11) is 0. The van der Waals surface area contributed by atoms with Crippen molar-refractivity contribution in [2.75, 3.05) is 10.7 Å². The molecule has 1 atom stereocenters. The van der Waals surface area contributed by atoms with E-state index in [-0.39, 0.29) is 5.91 Å². The number of carbonyl (C=O) groups excluding carboxylic acids is 1. The van der Waals surface area contributed by atoms with Gasteiger partial charge in [0.25, 0.3) is 0 Å². The fourth-order valence-electron chi connectivity index (χ4n) is 3.40. The van der Waals surface area contributed by atoms with Crippen molar-refractivity contribution in [3.8, 4) is 17.1 Å². The lowest BCUT2D eigenvalue weighted by Crippen LogP contribution is -2.36. The van der Waals surface area contributed by atoms with Gasteiger partial charge in [0.05, 0.1) is 5.69 Å². The summed E-state index contributed by atoms with van der Waals surface area (Å²) in [4.78, 5) is 19.1. The smallest absolute Gasteiger partial charge is 0.247 e. The van der Waals surface area contributed by atoms with Gasteiger partial charge >= 0.3 is 0 Å². The van der Waals surface area contributed by atoms with Crippen molar-refractivity contribution in [3.63, 3.8) is 0 Å². The molecule has 7 heteroatoms. The second-order valence-corrected chi connectivity index (χ2v) is 8.73. The molecule has 1 amide bonds. The van der Waals surface area contributed by atoms with Gasteiger partial charge in [0.2, 0.25) is 23.2 Å². The normalized spacial score (nSPS) is 15.2. The van der Waals surface area contributed by atoms with E-state index in [1.54, 1.807) is 23.6 Å². The SMILES string of the molecule is CC(=O)N1c2ccccc2-c2nnc(SCC(C)C)nc2O[C@@H]1c1cccc(C)c1. The Kier molecular flexibility index (Phi) is 5.72. The Morgan fingerprint density at radius 3 is 2.70 bits per heavy atom. The summed E-state index contributed by atoms with van der Waals surface area (Å²) >= 11 is 1.55. The van der Waals surface area contributed by atoms with Gasteiger partial charge in [0.15, 0.2) is 5.69 Å². The molecule has 2 aromatic carbocycles. The van der Waals surface area contributed by atoms with Crippen LogP contribution in [-0.4, -0.2) is 26.8 Å². The van der Waals surface area contributed by atoms with Gasteiger partial charge in [-0.15, -0.1) is 10.2 Å². The van der Waals surface area contributed by atoms with E-state index in [2.05, 4.69) is 29.0 Å². The fraction of sp³-hybridized carbons (Fsp3) is 0.304. The molecule has 1 aliphatic rings. The van der Waals surface area contributed by atoms with Crippen molar-refractivity contribution in [1.82, 2.24) is 15.2 Å². The highest BCUT2D eigenvalue weighted by Crippen LogP contribution is 2.43. The maximum absolute atomic E-state index is 12.8. The minimum absolute atomic E-state index is 0.121. The highest BCUT2D eigenvalue weighted by atomic mass is 32.2. The number of nitrogens with zero attached hydrogens (tertiary/aromatic N) is 4. The molecule has 0 N–H and O–H groups in total. The average Bonchev–Trinajstić information content (AvgIpc) is 2.86. The van der Waals surface area contributed by atoms with Gasteiger partial charge in [-0.1, -0.05) is 73.6 Å². The largest absolute Gasteiger partial charge is 0.447 e. The lowest BCUT2D eigenvalue weighted by Gasteiger charge is -2.30. The fourth-order valence-corrected chi connectivity index (χ4v) is 4.12. The molecule has 1 aliphatic heterocycles. The Morgan fingerprint density at radius 2 is 1.97 bits per heavy atom. The highest BCUT2D eigenvalue weighted by Gasteiger charge is 2.34. The number of carbonyl (C=O) groups is 1. The van der Waals surface area contributed by atoms with Crippen LogP contribution in [0, 0.1) is 12.8 Å². The summed E-state index contributed by atoms with van der Waals surface area (Å²) in [6, 6.07) is 15.6. The summed E-state index contributed by atoms with van der Waals surface area (Å²) in [6.45, 7) is 7.86. The molecule has 2 heterocycles. The minimum atomic E-state index is -0.649. The molecule has 0 bridgehead atoms. The van der Waals surface area contributed by atoms with E-state index in [1.165, 1.54) is 0 Å². The first-order chi connectivity index (χ1) is 14.4. The molecule has 0 saturated heterocycles. The maximum Gasteiger partial charge on any atom is 0.247 e. The van der Waals surface area contributed by atoms with Crippen molar-refractivity contribution >= 4 is 23.4 Å². The van der Waals surface area contributed by atoms with Gasteiger partial charge in [-0.25, -0.2) is 0 Å². The zero-order chi connectivity index (χ0) is 21.3. The summed E-state index contributed by atoms with van der Waals surface area (Å²) in [5.74, 6) is 1.66. The van der Waals surface area contributed by atoms with Gasteiger partial charge in [-0.2, -0.15) is 4.98 Å². The molecule has 30 heavy (non-hydrogen) atoms. The third-order valence-corrected chi connectivity index (χ3v) is 5.99. The zero-order valence-electron chi connectivity index (χ0n) is 17.5. The van der Waals surface area contributed by atoms with Gasteiger partial charge in [-0.3, -0.25) is 9.69 Å². The molecule has 3 aromatic rings. The molecule has 1 aromatic heterocycles. The van der Waals surface area contributed by atoms with E-state index < -0.39 is 6.23 Å². The van der Waals surface area contributed by atoms with E-state index >= 15 is 0 Å². The van der Waals surface area contributed by atoms with E-state index in [0.717, 1.165) is 28.1 Å². The van der Waals surface area contributed by atoms with E-state index in [9.17, 15) is 4.79 Å². The Balaban J connectivity index is 1.88. The molecule has 0 spiro atoms. The number of hydrogen-bond acceptors (Lipinski definition) is 6. The van der Waals surface area contributed by atoms with E-state index in [1.807, 2.05) is 55.5 Å². The van der Waals surface area contributed by atoms with Crippen molar-refractivity contribution in [1.29, 1.82) is 0 Å². The standard InChI is InChI=1S/C23H24N4O2S/c1-14(2)13-30-23-24-21-20(25-26-23)18-10-5-6-11-19(18)27(16(4)28)22(29-21)17-9-7-8-15(3)12-17/h5-12,14,22H,13H2,1-4H3/t22-/m1/s1. The number of para-hydroxylation sites is 1. The first-order valence-electron chi connectivity index (χ1n) is 9.94. The van der Waals surface area contributed by atoms with Gasteiger partial charge in [0.1, 0.15) is 0 Å². The second kappa shape index (κ2) is 8.44. The van der Waals surface area contributed by atoms with E-state index in [0.29, 0.717) is 22.6 Å². The number of rotatable bonds is 4. The third kappa shape index (κ3) is 4.03. The molecule has 0 radical (unpaired) electrons. The van der Waals surface area contributed by atoms with Crippen LogP contribution in [0.2, 0.25) is 0 Å². The Hall–Kier alpha value is -2.93. The van der Waals surface area contributed by atoms with Crippen LogP contribution in [0.1, 0.15) is 38.1 Å². The van der Waals surface area contributed by atoms with Crippen LogP contribution in [0.4, 0.5) is 5.69 Å². The number of benzene rings is 2. The molecule has 0 saturated carbocycles. The van der Waals surface area contributed by atoms with Crippen molar-refractivity contribution in [2.45, 2.75) is 39.1 Å². The first kappa shape index (κ1) is 20.3. The van der Waals surface area contributed by atoms with Crippen molar-refractivity contribution in [3.05, 3.63) is 59.7 Å². The number of amides is 1. The summed E-state index contributed by atoms with van der Waals surface area (Å²) in [6.07, 6.45) is -0.649. The lowest BCUT2D eigenvalue weighted by atomic mass is 10.1. The highest BCUT2D eigenvalue weighted by molar-refractivity contribution is 7.99. The Morgan fingerprint density at radius 1 is 1.17 bits per heavy atom. The van der Waals surface area contributed by atoms with Gasteiger partial charge < -0.3 is 4.74 Å². The minimum Gasteiger partial charge on any atom is -0.447 e. The molecular weight excluding hydrogens is 396 g/mol. The average molecular weight is 421 g/mol. The zero-order valence-corrected chi connectivity index (χ0v) is 18.3. The Labute approximate surface area is 180 Å². The van der Waals surface area contributed by atoms with Crippen LogP contribution in [0.15, 0.2) is 53.7 Å². The van der Waals surface area contributed by atoms with Crippen LogP contribution in [0.3, 0.4) is 0 Å². The number of thioether (sulfide) groups is 1. The number of ether oxygens (including phenoxy) is 1. The Bertz CT molecular complexity index is 1090.